The molecule has 4 aromatic heterocycles. The predicted molar refractivity (Wildman–Crippen MR) is 118 cm³/mol. The molecule has 0 aliphatic carbocycles. The van der Waals surface area contributed by atoms with Gasteiger partial charge in [-0.05, 0) is 36.7 Å². The van der Waals surface area contributed by atoms with E-state index in [9.17, 15) is 9.59 Å². The van der Waals surface area contributed by atoms with Crippen molar-refractivity contribution in [3.05, 3.63) is 50.1 Å². The first-order valence-corrected chi connectivity index (χ1v) is 11.3. The summed E-state index contributed by atoms with van der Waals surface area (Å²) in [5.74, 6) is 0.610. The fraction of sp³-hybridized carbons (Fsp3) is 0.158. The van der Waals surface area contributed by atoms with Gasteiger partial charge < -0.3 is 4.74 Å². The third-order valence-electron chi connectivity index (χ3n) is 4.43. The smallest absolute Gasteiger partial charge is 0.281 e. The fourth-order valence-electron chi connectivity index (χ4n) is 3.15. The number of carbonyl (C=O) groups is 1. The van der Waals surface area contributed by atoms with Gasteiger partial charge in [0.2, 0.25) is 0 Å². The van der Waals surface area contributed by atoms with Gasteiger partial charge >= 0.3 is 0 Å². The van der Waals surface area contributed by atoms with Gasteiger partial charge in [-0.2, -0.15) is 0 Å². The second-order valence-corrected chi connectivity index (χ2v) is 9.43. The van der Waals surface area contributed by atoms with Crippen LogP contribution in [0.1, 0.15) is 10.8 Å². The van der Waals surface area contributed by atoms with Crippen LogP contribution < -0.4 is 15.7 Å². The monoisotopic (exact) mass is 442 g/mol. The highest BCUT2D eigenvalue weighted by Gasteiger charge is 2.15. The summed E-state index contributed by atoms with van der Waals surface area (Å²) in [6.45, 7) is 3.43. The van der Waals surface area contributed by atoms with Crippen LogP contribution in [-0.2, 0) is 4.79 Å². The zero-order valence-corrected chi connectivity index (χ0v) is 17.8. The highest BCUT2D eigenvalue weighted by atomic mass is 32.1. The van der Waals surface area contributed by atoms with Crippen molar-refractivity contribution in [2.75, 3.05) is 12.0 Å². The van der Waals surface area contributed by atoms with Crippen molar-refractivity contribution < 1.29 is 9.53 Å². The summed E-state index contributed by atoms with van der Waals surface area (Å²) in [6, 6.07) is 5.58. The lowest BCUT2D eigenvalue weighted by Gasteiger charge is -2.12. The Balaban J connectivity index is 1.41. The van der Waals surface area contributed by atoms with E-state index in [1.54, 1.807) is 41.0 Å². The first-order chi connectivity index (χ1) is 14.0. The van der Waals surface area contributed by atoms with Crippen molar-refractivity contribution in [2.24, 2.45) is 0 Å². The molecule has 7 nitrogen and oxygen atoms in total. The van der Waals surface area contributed by atoms with Crippen molar-refractivity contribution in [2.45, 2.75) is 13.8 Å². The summed E-state index contributed by atoms with van der Waals surface area (Å²) in [5, 5.41) is 6.17. The van der Waals surface area contributed by atoms with Crippen LogP contribution in [0.15, 0.2) is 33.8 Å². The van der Waals surface area contributed by atoms with E-state index in [1.165, 1.54) is 11.3 Å². The lowest BCUT2D eigenvalue weighted by Crippen LogP contribution is -2.37. The van der Waals surface area contributed by atoms with Crippen LogP contribution in [0.5, 0.6) is 5.75 Å². The number of thiazole rings is 1. The summed E-state index contributed by atoms with van der Waals surface area (Å²) in [6.07, 6.45) is 0. The van der Waals surface area contributed by atoms with Gasteiger partial charge in [-0.1, -0.05) is 0 Å². The number of nitrogens with zero attached hydrogens (tertiary/aromatic N) is 3. The van der Waals surface area contributed by atoms with Gasteiger partial charge in [0.25, 0.3) is 11.5 Å². The number of benzene rings is 1. The number of amides is 1. The van der Waals surface area contributed by atoms with E-state index < -0.39 is 5.91 Å². The quantitative estimate of drug-likeness (QED) is 0.454. The molecule has 10 heteroatoms. The molecule has 1 aromatic carbocycles. The van der Waals surface area contributed by atoms with Gasteiger partial charge in [-0.15, -0.1) is 34.0 Å². The molecule has 0 radical (unpaired) electrons. The van der Waals surface area contributed by atoms with Crippen molar-refractivity contribution in [3.63, 3.8) is 0 Å². The number of hydrogen-bond donors (Lipinski definition) is 1. The molecule has 4 heterocycles. The Morgan fingerprint density at radius 2 is 1.97 bits per heavy atom. The van der Waals surface area contributed by atoms with E-state index in [1.807, 2.05) is 24.4 Å². The second kappa shape index (κ2) is 6.90. The molecule has 146 valence electrons. The Morgan fingerprint density at radius 3 is 2.83 bits per heavy atom. The molecule has 0 aliphatic heterocycles. The zero-order valence-electron chi connectivity index (χ0n) is 15.4. The molecule has 0 saturated carbocycles. The topological polar surface area (TPSA) is 86.1 Å². The molecular formula is C19H14N4O3S3. The first kappa shape index (κ1) is 18.2. The number of aromatic nitrogens is 3. The number of ether oxygens (including phenoxy) is 1. The van der Waals surface area contributed by atoms with E-state index in [2.05, 4.69) is 15.4 Å². The molecule has 1 amide bonds. The lowest BCUT2D eigenvalue weighted by atomic mass is 10.2. The van der Waals surface area contributed by atoms with Gasteiger partial charge in [-0.25, -0.2) is 14.6 Å². The number of nitrogens with one attached hydrogen (secondary N) is 1. The summed E-state index contributed by atoms with van der Waals surface area (Å²) in [4.78, 5) is 34.7. The normalized spacial score (nSPS) is 11.5. The maximum atomic E-state index is 12.6. The van der Waals surface area contributed by atoms with E-state index in [0.29, 0.717) is 21.8 Å². The van der Waals surface area contributed by atoms with Crippen LogP contribution in [0.2, 0.25) is 0 Å². The summed E-state index contributed by atoms with van der Waals surface area (Å²) in [5.41, 5.74) is 3.25. The molecule has 0 bridgehead atoms. The minimum atomic E-state index is -0.435. The largest absolute Gasteiger partial charge is 0.483 e. The van der Waals surface area contributed by atoms with Crippen molar-refractivity contribution in [1.29, 1.82) is 0 Å². The highest BCUT2D eigenvalue weighted by molar-refractivity contribution is 7.21. The SMILES string of the molecule is Cc1nc2c(cc(OCC(=O)Nn3c(C)nc4sccc4c3=O)c3ccsc32)s1. The molecule has 0 fully saturated rings. The summed E-state index contributed by atoms with van der Waals surface area (Å²) < 4.78 is 9.05. The van der Waals surface area contributed by atoms with E-state index in [4.69, 9.17) is 4.74 Å². The Labute approximate surface area is 176 Å². The minimum absolute atomic E-state index is 0.220. The van der Waals surface area contributed by atoms with Gasteiger partial charge in [0.1, 0.15) is 16.4 Å². The van der Waals surface area contributed by atoms with Crippen LogP contribution in [0.25, 0.3) is 30.5 Å². The number of rotatable bonds is 4. The number of aryl methyl sites for hydroxylation is 2. The van der Waals surface area contributed by atoms with Crippen LogP contribution in [0, 0.1) is 13.8 Å². The van der Waals surface area contributed by atoms with Crippen molar-refractivity contribution in [1.82, 2.24) is 14.6 Å². The summed E-state index contributed by atoms with van der Waals surface area (Å²) >= 11 is 4.58. The molecular weight excluding hydrogens is 428 g/mol. The molecule has 0 spiro atoms. The Morgan fingerprint density at radius 1 is 1.17 bits per heavy atom. The third kappa shape index (κ3) is 3.09. The molecule has 29 heavy (non-hydrogen) atoms. The van der Waals surface area contributed by atoms with Crippen LogP contribution >= 0.6 is 34.0 Å². The molecule has 5 aromatic rings. The van der Waals surface area contributed by atoms with Gasteiger partial charge in [0.15, 0.2) is 6.61 Å². The lowest BCUT2D eigenvalue weighted by molar-refractivity contribution is -0.119. The van der Waals surface area contributed by atoms with Crippen LogP contribution in [0.3, 0.4) is 0 Å². The number of hydrogen-bond acceptors (Lipinski definition) is 8. The standard InChI is InChI=1S/C19H14N4O3S3/c1-9-20-18-12(4-6-28-18)19(25)23(9)22-15(24)8-26-13-7-14-16(21-10(2)29-14)17-11(13)3-5-27-17/h3-7H,8H2,1-2H3,(H,22,24). The van der Waals surface area contributed by atoms with E-state index in [0.717, 1.165) is 30.0 Å². The summed E-state index contributed by atoms with van der Waals surface area (Å²) in [7, 11) is 0. The van der Waals surface area contributed by atoms with Gasteiger partial charge in [-0.3, -0.25) is 15.0 Å². The van der Waals surface area contributed by atoms with E-state index >= 15 is 0 Å². The van der Waals surface area contributed by atoms with Crippen LogP contribution in [-0.4, -0.2) is 27.2 Å². The Kier molecular flexibility index (Phi) is 4.34. The van der Waals surface area contributed by atoms with E-state index in [-0.39, 0.29) is 12.2 Å². The highest BCUT2D eigenvalue weighted by Crippen LogP contribution is 2.38. The Hall–Kier alpha value is -2.82. The Bertz CT molecular complexity index is 1460. The average Bonchev–Trinajstić information content (AvgIpc) is 3.41. The first-order valence-electron chi connectivity index (χ1n) is 8.68. The molecule has 0 saturated heterocycles. The number of thiophene rings is 2. The van der Waals surface area contributed by atoms with Gasteiger partial charge in [0, 0.05) is 11.5 Å². The molecule has 1 N–H and O–H groups in total. The fourth-order valence-corrected chi connectivity index (χ4v) is 5.79. The van der Waals surface area contributed by atoms with Crippen LogP contribution in [0.4, 0.5) is 0 Å². The average molecular weight is 443 g/mol. The molecule has 0 aliphatic rings. The number of carbonyl (C=O) groups excluding carboxylic acids is 1. The number of fused-ring (bicyclic) bond motifs is 4. The molecule has 0 unspecified atom stereocenters. The van der Waals surface area contributed by atoms with Crippen molar-refractivity contribution >= 4 is 70.4 Å². The maximum Gasteiger partial charge on any atom is 0.281 e. The predicted octanol–water partition coefficient (Wildman–Crippen LogP) is 4.05. The zero-order chi connectivity index (χ0) is 20.1. The van der Waals surface area contributed by atoms with Crippen molar-refractivity contribution in [3.8, 4) is 5.75 Å². The molecule has 5 rings (SSSR count). The second-order valence-electron chi connectivity index (χ2n) is 6.38. The minimum Gasteiger partial charge on any atom is -0.483 e. The maximum absolute atomic E-state index is 12.6. The third-order valence-corrected chi connectivity index (χ3v) is 7.07. The molecule has 0 atom stereocenters. The van der Waals surface area contributed by atoms with Gasteiger partial charge in [0.05, 0.1) is 25.3 Å².